The SMILES string of the molecule is CCC(C)C(CO)NS(=O)(=O)c1cc(Cl)c(Cl)cc1Cl. The van der Waals surface area contributed by atoms with Crippen LogP contribution in [0, 0.1) is 5.92 Å². The van der Waals surface area contributed by atoms with Crippen LogP contribution in [0.25, 0.3) is 0 Å². The molecule has 0 aliphatic heterocycles. The van der Waals surface area contributed by atoms with Gasteiger partial charge >= 0.3 is 0 Å². The summed E-state index contributed by atoms with van der Waals surface area (Å²) >= 11 is 17.5. The lowest BCUT2D eigenvalue weighted by Gasteiger charge is -2.22. The summed E-state index contributed by atoms with van der Waals surface area (Å²) in [5.74, 6) is -0.0173. The summed E-state index contributed by atoms with van der Waals surface area (Å²) in [6.07, 6.45) is 0.725. The molecule has 0 bridgehead atoms. The zero-order valence-electron chi connectivity index (χ0n) is 11.0. The molecule has 0 aromatic heterocycles. The highest BCUT2D eigenvalue weighted by molar-refractivity contribution is 7.89. The van der Waals surface area contributed by atoms with Gasteiger partial charge in [-0.2, -0.15) is 0 Å². The summed E-state index contributed by atoms with van der Waals surface area (Å²) < 4.78 is 27.0. The van der Waals surface area contributed by atoms with Crippen LogP contribution in [0.4, 0.5) is 0 Å². The van der Waals surface area contributed by atoms with E-state index >= 15 is 0 Å². The minimum Gasteiger partial charge on any atom is -0.395 e. The number of nitrogens with one attached hydrogen (secondary N) is 1. The Labute approximate surface area is 134 Å². The van der Waals surface area contributed by atoms with E-state index in [0.29, 0.717) is 0 Å². The van der Waals surface area contributed by atoms with Gasteiger partial charge in [-0.05, 0) is 18.1 Å². The maximum atomic E-state index is 12.3. The molecule has 2 atom stereocenters. The summed E-state index contributed by atoms with van der Waals surface area (Å²) in [6.45, 7) is 3.46. The van der Waals surface area contributed by atoms with Crippen LogP contribution in [-0.4, -0.2) is 26.2 Å². The molecular weight excluding hydrogens is 345 g/mol. The van der Waals surface area contributed by atoms with Crippen molar-refractivity contribution >= 4 is 44.8 Å². The van der Waals surface area contributed by atoms with Crippen LogP contribution >= 0.6 is 34.8 Å². The summed E-state index contributed by atoms with van der Waals surface area (Å²) in [5, 5.41) is 9.55. The highest BCUT2D eigenvalue weighted by atomic mass is 35.5. The number of hydrogen-bond donors (Lipinski definition) is 2. The van der Waals surface area contributed by atoms with Gasteiger partial charge in [-0.25, -0.2) is 13.1 Å². The fourth-order valence-electron chi connectivity index (χ4n) is 1.59. The van der Waals surface area contributed by atoms with E-state index < -0.39 is 16.1 Å². The minimum absolute atomic E-state index is 0.0173. The van der Waals surface area contributed by atoms with E-state index in [2.05, 4.69) is 4.72 Å². The number of aliphatic hydroxyl groups excluding tert-OH is 1. The third-order valence-electron chi connectivity index (χ3n) is 3.10. The number of benzene rings is 1. The molecule has 4 nitrogen and oxygen atoms in total. The van der Waals surface area contributed by atoms with Crippen molar-refractivity contribution in [1.82, 2.24) is 4.72 Å². The van der Waals surface area contributed by atoms with Crippen LogP contribution in [-0.2, 0) is 10.0 Å². The molecule has 0 saturated carbocycles. The lowest BCUT2D eigenvalue weighted by Crippen LogP contribution is -2.41. The van der Waals surface area contributed by atoms with Crippen molar-refractivity contribution in [3.05, 3.63) is 27.2 Å². The van der Waals surface area contributed by atoms with E-state index in [1.54, 1.807) is 0 Å². The van der Waals surface area contributed by atoms with Gasteiger partial charge < -0.3 is 5.11 Å². The largest absolute Gasteiger partial charge is 0.395 e. The van der Waals surface area contributed by atoms with E-state index in [4.69, 9.17) is 34.8 Å². The topological polar surface area (TPSA) is 66.4 Å². The molecule has 0 spiro atoms. The molecule has 8 heteroatoms. The zero-order valence-corrected chi connectivity index (χ0v) is 14.1. The summed E-state index contributed by atoms with van der Waals surface area (Å²) in [5.41, 5.74) is 0. The molecular formula is C12H16Cl3NO3S. The number of rotatable bonds is 6. The number of hydrogen-bond acceptors (Lipinski definition) is 3. The first-order chi connectivity index (χ1) is 9.22. The maximum absolute atomic E-state index is 12.3. The molecule has 0 heterocycles. The van der Waals surface area contributed by atoms with Gasteiger partial charge in [0.25, 0.3) is 0 Å². The van der Waals surface area contributed by atoms with Crippen molar-refractivity contribution in [2.45, 2.75) is 31.2 Å². The molecule has 0 aliphatic carbocycles. The summed E-state index contributed by atoms with van der Waals surface area (Å²) in [4.78, 5) is -0.157. The van der Waals surface area contributed by atoms with Gasteiger partial charge in [0.15, 0.2) is 0 Å². The Balaban J connectivity index is 3.14. The molecule has 0 radical (unpaired) electrons. The van der Waals surface area contributed by atoms with E-state index in [1.807, 2.05) is 13.8 Å². The van der Waals surface area contributed by atoms with Crippen LogP contribution in [0.2, 0.25) is 15.1 Å². The standard InChI is InChI=1S/C12H16Cl3NO3S/c1-3-7(2)11(6-17)16-20(18,19)12-5-9(14)8(13)4-10(12)15/h4-5,7,11,16-17H,3,6H2,1-2H3. The molecule has 0 aliphatic rings. The molecule has 20 heavy (non-hydrogen) atoms. The van der Waals surface area contributed by atoms with Crippen LogP contribution in [0.3, 0.4) is 0 Å². The average molecular weight is 361 g/mol. The maximum Gasteiger partial charge on any atom is 0.242 e. The lowest BCUT2D eigenvalue weighted by molar-refractivity contribution is 0.219. The van der Waals surface area contributed by atoms with E-state index in [9.17, 15) is 13.5 Å². The Kier molecular flexibility index (Phi) is 6.57. The first kappa shape index (κ1) is 18.0. The molecule has 2 unspecified atom stereocenters. The summed E-state index contributed by atoms with van der Waals surface area (Å²) in [7, 11) is -3.88. The molecule has 1 rings (SSSR count). The third-order valence-corrected chi connectivity index (χ3v) is 5.78. The van der Waals surface area contributed by atoms with Crippen molar-refractivity contribution < 1.29 is 13.5 Å². The number of halogens is 3. The second kappa shape index (κ2) is 7.29. The molecule has 114 valence electrons. The Bertz CT molecular complexity index is 578. The highest BCUT2D eigenvalue weighted by Gasteiger charge is 2.25. The number of sulfonamides is 1. The predicted octanol–water partition coefficient (Wildman–Crippen LogP) is 3.33. The zero-order chi connectivity index (χ0) is 15.5. The van der Waals surface area contributed by atoms with E-state index in [-0.39, 0.29) is 32.5 Å². The van der Waals surface area contributed by atoms with E-state index in [1.165, 1.54) is 12.1 Å². The van der Waals surface area contributed by atoms with Crippen molar-refractivity contribution in [2.75, 3.05) is 6.61 Å². The lowest BCUT2D eigenvalue weighted by atomic mass is 10.0. The summed E-state index contributed by atoms with van der Waals surface area (Å²) in [6, 6.07) is 1.88. The quantitative estimate of drug-likeness (QED) is 0.765. The normalized spacial score (nSPS) is 15.1. The first-order valence-corrected chi connectivity index (χ1v) is 8.62. The van der Waals surface area contributed by atoms with Gasteiger partial charge in [-0.3, -0.25) is 0 Å². The van der Waals surface area contributed by atoms with Gasteiger partial charge in [0.2, 0.25) is 10.0 Å². The molecule has 0 fully saturated rings. The average Bonchev–Trinajstić information content (AvgIpc) is 2.39. The third kappa shape index (κ3) is 4.23. The van der Waals surface area contributed by atoms with Crippen LogP contribution < -0.4 is 4.72 Å². The van der Waals surface area contributed by atoms with Gasteiger partial charge in [-0.1, -0.05) is 55.1 Å². The fraction of sp³-hybridized carbons (Fsp3) is 0.500. The van der Waals surface area contributed by atoms with Gasteiger partial charge in [0.1, 0.15) is 4.90 Å². The smallest absolute Gasteiger partial charge is 0.242 e. The Hall–Kier alpha value is -0.0400. The van der Waals surface area contributed by atoms with Crippen molar-refractivity contribution in [3.8, 4) is 0 Å². The molecule has 2 N–H and O–H groups in total. The molecule has 1 aromatic rings. The van der Waals surface area contributed by atoms with Crippen molar-refractivity contribution in [1.29, 1.82) is 0 Å². The Morgan fingerprint density at radius 3 is 2.25 bits per heavy atom. The number of aliphatic hydroxyl groups is 1. The fourth-order valence-corrected chi connectivity index (χ4v) is 3.93. The van der Waals surface area contributed by atoms with Crippen LogP contribution in [0.5, 0.6) is 0 Å². The molecule has 0 amide bonds. The predicted molar refractivity (Wildman–Crippen MR) is 82.1 cm³/mol. The van der Waals surface area contributed by atoms with Crippen LogP contribution in [0.15, 0.2) is 17.0 Å². The second-order valence-electron chi connectivity index (χ2n) is 4.49. The van der Waals surface area contributed by atoms with Crippen molar-refractivity contribution in [3.63, 3.8) is 0 Å². The first-order valence-electron chi connectivity index (χ1n) is 6.00. The minimum atomic E-state index is -3.88. The Morgan fingerprint density at radius 1 is 1.20 bits per heavy atom. The van der Waals surface area contributed by atoms with Gasteiger partial charge in [0, 0.05) is 6.04 Å². The Morgan fingerprint density at radius 2 is 1.75 bits per heavy atom. The second-order valence-corrected chi connectivity index (χ2v) is 7.40. The molecule has 0 saturated heterocycles. The van der Waals surface area contributed by atoms with E-state index in [0.717, 1.165) is 6.42 Å². The monoisotopic (exact) mass is 359 g/mol. The van der Waals surface area contributed by atoms with Crippen molar-refractivity contribution in [2.24, 2.45) is 5.92 Å². The van der Waals surface area contributed by atoms with Crippen LogP contribution in [0.1, 0.15) is 20.3 Å². The molecule has 1 aromatic carbocycles. The highest BCUT2D eigenvalue weighted by Crippen LogP contribution is 2.31. The van der Waals surface area contributed by atoms with Gasteiger partial charge in [0.05, 0.1) is 21.7 Å². The van der Waals surface area contributed by atoms with Gasteiger partial charge in [-0.15, -0.1) is 0 Å².